The lowest BCUT2D eigenvalue weighted by Gasteiger charge is -2.16. The van der Waals surface area contributed by atoms with Crippen LogP contribution in [0.15, 0.2) is 47.4 Å². The van der Waals surface area contributed by atoms with E-state index in [4.69, 9.17) is 11.1 Å². The van der Waals surface area contributed by atoms with Crippen LogP contribution in [0, 0.1) is 17.0 Å². The molecule has 0 aliphatic heterocycles. The van der Waals surface area contributed by atoms with E-state index in [1.165, 1.54) is 0 Å². The van der Waals surface area contributed by atoms with Crippen LogP contribution in [0.2, 0.25) is 0 Å². The first kappa shape index (κ1) is 23.4. The fraction of sp³-hybridized carbons (Fsp3) is 0.227. The Hall–Kier alpha value is -3.24. The summed E-state index contributed by atoms with van der Waals surface area (Å²) in [5.74, 6) is 0.172. The van der Waals surface area contributed by atoms with Crippen LogP contribution in [-0.4, -0.2) is 47.8 Å². The van der Waals surface area contributed by atoms with Crippen molar-refractivity contribution in [2.75, 3.05) is 43.0 Å². The molecular formula is C22H25F2N7S. The van der Waals surface area contributed by atoms with Gasteiger partial charge in [-0.05, 0) is 75.4 Å². The topological polar surface area (TPSA) is 103 Å². The van der Waals surface area contributed by atoms with Gasteiger partial charge < -0.3 is 26.1 Å². The Labute approximate surface area is 190 Å². The summed E-state index contributed by atoms with van der Waals surface area (Å²) in [6, 6.07) is 10.5. The van der Waals surface area contributed by atoms with Crippen LogP contribution in [0.1, 0.15) is 12.5 Å². The maximum Gasteiger partial charge on any atom is 0.163 e. The Morgan fingerprint density at radius 2 is 1.84 bits per heavy atom. The first-order valence-corrected chi connectivity index (χ1v) is 10.7. The Kier molecular flexibility index (Phi) is 7.60. The molecule has 0 saturated carbocycles. The Bertz CT molecular complexity index is 1100. The van der Waals surface area contributed by atoms with Crippen molar-refractivity contribution in [3.63, 3.8) is 0 Å². The van der Waals surface area contributed by atoms with E-state index in [2.05, 4.69) is 20.0 Å². The number of likely N-dealkylation sites (N-methyl/N-ethyl adjacent to an activating group) is 1. The normalized spacial score (nSPS) is 10.9. The molecule has 5 N–H and O–H groups in total. The second kappa shape index (κ2) is 10.4. The lowest BCUT2D eigenvalue weighted by Crippen LogP contribution is -2.22. The van der Waals surface area contributed by atoms with Crippen LogP contribution in [0.5, 0.6) is 0 Å². The van der Waals surface area contributed by atoms with Gasteiger partial charge in [0.2, 0.25) is 0 Å². The van der Waals surface area contributed by atoms with Crippen molar-refractivity contribution in [1.29, 1.82) is 5.41 Å². The molecule has 0 saturated heterocycles. The van der Waals surface area contributed by atoms with Crippen LogP contribution in [0.4, 0.5) is 26.1 Å². The summed E-state index contributed by atoms with van der Waals surface area (Å²) in [5, 5.41) is 11.3. The highest BCUT2D eigenvalue weighted by atomic mass is 32.2. The SMILES string of the molecule is CC(=N)c1c(N)nc(-c2ccc(NSc3cc(F)ccc3F)cc2)nc1NCCN(C)C. The zero-order valence-corrected chi connectivity index (χ0v) is 18.9. The second-order valence-corrected chi connectivity index (χ2v) is 8.22. The average Bonchev–Trinajstić information content (AvgIpc) is 2.74. The Morgan fingerprint density at radius 1 is 1.12 bits per heavy atom. The summed E-state index contributed by atoms with van der Waals surface area (Å²) < 4.78 is 30.1. The van der Waals surface area contributed by atoms with Crippen molar-refractivity contribution in [1.82, 2.24) is 14.9 Å². The number of aromatic nitrogens is 2. The molecule has 0 atom stereocenters. The number of anilines is 3. The number of nitrogens with one attached hydrogen (secondary N) is 3. The zero-order chi connectivity index (χ0) is 23.3. The largest absolute Gasteiger partial charge is 0.383 e. The molecule has 0 radical (unpaired) electrons. The molecule has 1 heterocycles. The third kappa shape index (κ3) is 5.92. The van der Waals surface area contributed by atoms with Crippen molar-refractivity contribution in [3.8, 4) is 11.4 Å². The third-order valence-corrected chi connectivity index (χ3v) is 5.35. The van der Waals surface area contributed by atoms with Gasteiger partial charge in [0.25, 0.3) is 0 Å². The summed E-state index contributed by atoms with van der Waals surface area (Å²) in [7, 11) is 3.95. The van der Waals surface area contributed by atoms with E-state index in [9.17, 15) is 8.78 Å². The fourth-order valence-electron chi connectivity index (χ4n) is 2.86. The summed E-state index contributed by atoms with van der Waals surface area (Å²) in [6.07, 6.45) is 0. The molecule has 1 aromatic heterocycles. The van der Waals surface area contributed by atoms with Gasteiger partial charge in [0.15, 0.2) is 5.82 Å². The van der Waals surface area contributed by atoms with Crippen LogP contribution in [0.25, 0.3) is 11.4 Å². The number of nitrogen functional groups attached to an aromatic ring is 1. The minimum atomic E-state index is -0.501. The molecular weight excluding hydrogens is 432 g/mol. The van der Waals surface area contributed by atoms with Gasteiger partial charge in [-0.2, -0.15) is 0 Å². The van der Waals surface area contributed by atoms with Crippen LogP contribution < -0.4 is 15.8 Å². The fourth-order valence-corrected chi connectivity index (χ4v) is 3.56. The van der Waals surface area contributed by atoms with E-state index in [1.54, 1.807) is 31.2 Å². The first-order valence-electron chi connectivity index (χ1n) is 9.84. The highest BCUT2D eigenvalue weighted by Crippen LogP contribution is 2.28. The molecule has 7 nitrogen and oxygen atoms in total. The minimum Gasteiger partial charge on any atom is -0.383 e. The number of halogens is 2. The molecule has 0 bridgehead atoms. The van der Waals surface area contributed by atoms with E-state index in [1.807, 2.05) is 19.0 Å². The zero-order valence-electron chi connectivity index (χ0n) is 18.0. The second-order valence-electron chi connectivity index (χ2n) is 7.37. The monoisotopic (exact) mass is 457 g/mol. The molecule has 0 unspecified atom stereocenters. The van der Waals surface area contributed by atoms with Crippen LogP contribution in [0.3, 0.4) is 0 Å². The van der Waals surface area contributed by atoms with Crippen LogP contribution in [-0.2, 0) is 0 Å². The molecule has 168 valence electrons. The number of nitrogens with two attached hydrogens (primary N) is 1. The molecule has 0 aliphatic carbocycles. The molecule has 2 aromatic carbocycles. The number of rotatable bonds is 9. The highest BCUT2D eigenvalue weighted by Gasteiger charge is 2.15. The summed E-state index contributed by atoms with van der Waals surface area (Å²) in [6.45, 7) is 3.07. The summed E-state index contributed by atoms with van der Waals surface area (Å²) in [4.78, 5) is 11.2. The molecule has 0 amide bonds. The third-order valence-electron chi connectivity index (χ3n) is 4.48. The van der Waals surface area contributed by atoms with Crippen molar-refractivity contribution >= 4 is 35.0 Å². The van der Waals surface area contributed by atoms with E-state index < -0.39 is 11.6 Å². The average molecular weight is 458 g/mol. The number of nitrogens with zero attached hydrogens (tertiary/aromatic N) is 3. The van der Waals surface area contributed by atoms with Gasteiger partial charge in [-0.3, -0.25) is 0 Å². The van der Waals surface area contributed by atoms with Gasteiger partial charge in [-0.15, -0.1) is 0 Å². The quantitative estimate of drug-likeness (QED) is 0.277. The minimum absolute atomic E-state index is 0.163. The maximum atomic E-state index is 13.8. The molecule has 10 heteroatoms. The lowest BCUT2D eigenvalue weighted by molar-refractivity contribution is 0.425. The van der Waals surface area contributed by atoms with Crippen molar-refractivity contribution < 1.29 is 8.78 Å². The van der Waals surface area contributed by atoms with Gasteiger partial charge in [-0.1, -0.05) is 0 Å². The number of benzene rings is 2. The predicted molar refractivity (Wildman–Crippen MR) is 127 cm³/mol. The number of hydrogen-bond donors (Lipinski definition) is 4. The molecule has 0 spiro atoms. The smallest absolute Gasteiger partial charge is 0.163 e. The van der Waals surface area contributed by atoms with Crippen LogP contribution >= 0.6 is 11.9 Å². The van der Waals surface area contributed by atoms with Crippen molar-refractivity contribution in [3.05, 3.63) is 59.7 Å². The Morgan fingerprint density at radius 3 is 2.50 bits per heavy atom. The van der Waals surface area contributed by atoms with Gasteiger partial charge in [0.05, 0.1) is 10.5 Å². The lowest BCUT2D eigenvalue weighted by atomic mass is 10.1. The summed E-state index contributed by atoms with van der Waals surface area (Å²) in [5.41, 5.74) is 8.33. The van der Waals surface area contributed by atoms with E-state index >= 15 is 0 Å². The van der Waals surface area contributed by atoms with Gasteiger partial charge in [0, 0.05) is 30.1 Å². The van der Waals surface area contributed by atoms with Gasteiger partial charge in [0.1, 0.15) is 23.3 Å². The molecule has 0 fully saturated rings. The summed E-state index contributed by atoms with van der Waals surface area (Å²) >= 11 is 0.984. The van der Waals surface area contributed by atoms with Crippen molar-refractivity contribution in [2.45, 2.75) is 11.8 Å². The van der Waals surface area contributed by atoms with E-state index in [0.29, 0.717) is 29.4 Å². The van der Waals surface area contributed by atoms with Gasteiger partial charge in [-0.25, -0.2) is 18.7 Å². The van der Waals surface area contributed by atoms with E-state index in [0.717, 1.165) is 42.3 Å². The predicted octanol–water partition coefficient (Wildman–Crippen LogP) is 4.48. The first-order chi connectivity index (χ1) is 15.2. The maximum absolute atomic E-state index is 13.8. The van der Waals surface area contributed by atoms with Crippen molar-refractivity contribution in [2.24, 2.45) is 0 Å². The van der Waals surface area contributed by atoms with Gasteiger partial charge >= 0.3 is 0 Å². The standard InChI is InChI=1S/C22H25F2N7S/c1-13(25)19-20(26)28-21(29-22(19)27-10-11-31(2)3)14-4-7-16(8-5-14)30-32-18-12-15(23)6-9-17(18)24/h4-9,12,25,30H,10-11H2,1-3H3,(H3,26,27,28,29). The molecule has 3 aromatic rings. The van der Waals surface area contributed by atoms with E-state index in [-0.39, 0.29) is 16.4 Å². The Balaban J connectivity index is 1.79. The molecule has 32 heavy (non-hydrogen) atoms. The highest BCUT2D eigenvalue weighted by molar-refractivity contribution is 8.00. The molecule has 3 rings (SSSR count). The number of hydrogen-bond acceptors (Lipinski definition) is 8. The molecule has 0 aliphatic rings.